The molecular formula is C43H35N9O. The van der Waals surface area contributed by atoms with Crippen molar-refractivity contribution in [3.63, 3.8) is 0 Å². The maximum atomic E-state index is 6.70. The lowest BCUT2D eigenvalue weighted by atomic mass is 9.88. The molecule has 0 spiro atoms. The van der Waals surface area contributed by atoms with Crippen LogP contribution in [0.25, 0.3) is 61.5 Å². The molecule has 0 saturated heterocycles. The van der Waals surface area contributed by atoms with E-state index in [2.05, 4.69) is 119 Å². The summed E-state index contributed by atoms with van der Waals surface area (Å²) in [5.41, 5.74) is 8.51. The van der Waals surface area contributed by atoms with Crippen molar-refractivity contribution in [1.82, 2.24) is 44.1 Å². The largest absolute Gasteiger partial charge is 0.457 e. The van der Waals surface area contributed by atoms with Gasteiger partial charge in [0.2, 0.25) is 0 Å². The summed E-state index contributed by atoms with van der Waals surface area (Å²) >= 11 is 0. The second-order valence-corrected chi connectivity index (χ2v) is 14.1. The molecule has 10 nitrogen and oxygen atoms in total. The molecule has 53 heavy (non-hydrogen) atoms. The maximum Gasteiger partial charge on any atom is 0.151 e. The number of hydrogen-bond acceptors (Lipinski definition) is 7. The number of aromatic nitrogens is 9. The van der Waals surface area contributed by atoms with Crippen LogP contribution in [0.2, 0.25) is 0 Å². The number of para-hydroxylation sites is 1. The summed E-state index contributed by atoms with van der Waals surface area (Å²) in [5.74, 6) is 3.02. The average Bonchev–Trinajstić information content (AvgIpc) is 3.92. The van der Waals surface area contributed by atoms with E-state index in [0.29, 0.717) is 11.5 Å². The molecule has 0 aliphatic heterocycles. The molecule has 0 saturated carbocycles. The average molecular weight is 694 g/mol. The van der Waals surface area contributed by atoms with Crippen molar-refractivity contribution in [2.24, 2.45) is 0 Å². The Hall–Kier alpha value is -6.94. The van der Waals surface area contributed by atoms with Gasteiger partial charge in [-0.05, 0) is 71.5 Å². The monoisotopic (exact) mass is 693 g/mol. The topological polar surface area (TPSA) is 101 Å². The van der Waals surface area contributed by atoms with Crippen molar-refractivity contribution in [2.75, 3.05) is 0 Å². The zero-order chi connectivity index (χ0) is 36.1. The molecule has 0 atom stereocenters. The summed E-state index contributed by atoms with van der Waals surface area (Å²) in [7, 11) is 0. The number of hydrogen-bond donors (Lipinski definition) is 0. The number of benzene rings is 4. The number of rotatable bonds is 7. The zero-order valence-corrected chi connectivity index (χ0v) is 29.7. The molecule has 0 unspecified atom stereocenters. The fraction of sp³-hybridized carbons (Fsp3) is 0.116. The molecule has 10 heteroatoms. The zero-order valence-electron chi connectivity index (χ0n) is 29.7. The van der Waals surface area contributed by atoms with Gasteiger partial charge in [0, 0.05) is 47.1 Å². The van der Waals surface area contributed by atoms with Crippen LogP contribution in [-0.4, -0.2) is 44.1 Å². The highest BCUT2D eigenvalue weighted by Crippen LogP contribution is 2.40. The Kier molecular flexibility index (Phi) is 7.66. The van der Waals surface area contributed by atoms with Crippen LogP contribution >= 0.6 is 0 Å². The smallest absolute Gasteiger partial charge is 0.151 e. The minimum atomic E-state index is -0.0199. The molecule has 9 rings (SSSR count). The summed E-state index contributed by atoms with van der Waals surface area (Å²) in [4.78, 5) is 13.4. The van der Waals surface area contributed by atoms with Gasteiger partial charge >= 0.3 is 0 Å². The van der Waals surface area contributed by atoms with Crippen molar-refractivity contribution in [3.05, 3.63) is 152 Å². The molecule has 0 N–H and O–H groups in total. The number of aryl methyl sites for hydroxylation is 1. The third kappa shape index (κ3) is 5.80. The summed E-state index contributed by atoms with van der Waals surface area (Å²) in [5, 5.41) is 15.8. The predicted octanol–water partition coefficient (Wildman–Crippen LogP) is 9.47. The summed E-state index contributed by atoms with van der Waals surface area (Å²) in [6.07, 6.45) is 10.3. The van der Waals surface area contributed by atoms with E-state index < -0.39 is 0 Å². The van der Waals surface area contributed by atoms with Crippen molar-refractivity contribution >= 4 is 21.8 Å². The molecule has 0 radical (unpaired) electrons. The Morgan fingerprint density at radius 1 is 0.679 bits per heavy atom. The molecule has 0 aliphatic rings. The lowest BCUT2D eigenvalue weighted by molar-refractivity contribution is 0.482. The molecule has 9 aromatic rings. The molecule has 4 aromatic carbocycles. The first-order chi connectivity index (χ1) is 25.8. The summed E-state index contributed by atoms with van der Waals surface area (Å²) in [6, 6.07) is 35.3. The molecule has 5 heterocycles. The van der Waals surface area contributed by atoms with Crippen LogP contribution in [0.1, 0.15) is 31.9 Å². The van der Waals surface area contributed by atoms with E-state index in [-0.39, 0.29) is 5.41 Å². The first-order valence-corrected chi connectivity index (χ1v) is 17.4. The van der Waals surface area contributed by atoms with Crippen molar-refractivity contribution in [3.8, 4) is 51.2 Å². The van der Waals surface area contributed by atoms with Gasteiger partial charge in [0.15, 0.2) is 5.82 Å². The van der Waals surface area contributed by atoms with Crippen LogP contribution in [0, 0.1) is 6.92 Å². The first kappa shape index (κ1) is 32.0. The van der Waals surface area contributed by atoms with Crippen LogP contribution in [0.4, 0.5) is 0 Å². The number of nitrogens with zero attached hydrogens (tertiary/aromatic N) is 9. The fourth-order valence-electron chi connectivity index (χ4n) is 6.95. The van der Waals surface area contributed by atoms with Crippen molar-refractivity contribution in [1.29, 1.82) is 0 Å². The Morgan fingerprint density at radius 3 is 2.23 bits per heavy atom. The maximum absolute atomic E-state index is 6.70. The van der Waals surface area contributed by atoms with E-state index in [1.807, 2.05) is 51.8 Å². The van der Waals surface area contributed by atoms with Gasteiger partial charge in [-0.25, -0.2) is 19.6 Å². The summed E-state index contributed by atoms with van der Waals surface area (Å²) < 4.78 is 12.7. The van der Waals surface area contributed by atoms with Gasteiger partial charge in [-0.1, -0.05) is 69.3 Å². The third-order valence-corrected chi connectivity index (χ3v) is 9.42. The molecule has 5 aromatic heterocycles. The van der Waals surface area contributed by atoms with Gasteiger partial charge in [-0.3, -0.25) is 9.13 Å². The highest BCUT2D eigenvalue weighted by atomic mass is 16.5. The highest BCUT2D eigenvalue weighted by Gasteiger charge is 2.24. The molecule has 0 aliphatic carbocycles. The van der Waals surface area contributed by atoms with E-state index in [1.165, 1.54) is 11.9 Å². The van der Waals surface area contributed by atoms with Crippen LogP contribution in [-0.2, 0) is 5.41 Å². The fourth-order valence-corrected chi connectivity index (χ4v) is 6.95. The molecule has 0 amide bonds. The van der Waals surface area contributed by atoms with Crippen molar-refractivity contribution in [2.45, 2.75) is 33.1 Å². The standard InChI is InChI=1S/C43H35N9O/c1-28-18-32(52-42(50-26-47-48-27-50)40(29-10-6-5-7-11-29)41(49-52)30-23-44-25-45-24-30)21-34(19-28)53-33-14-15-36-35-12-8-9-13-37(35)51(38(36)22-33)39-20-31(16-17-46-39)43(2,3)4/h5-27H,1-4H3. The van der Waals surface area contributed by atoms with Gasteiger partial charge in [-0.2, -0.15) is 5.10 Å². The quantitative estimate of drug-likeness (QED) is 0.164. The minimum Gasteiger partial charge on any atom is -0.457 e. The van der Waals surface area contributed by atoms with Gasteiger partial charge < -0.3 is 4.74 Å². The second kappa shape index (κ2) is 12.7. The number of fused-ring (bicyclic) bond motifs is 3. The lowest BCUT2D eigenvalue weighted by Crippen LogP contribution is -2.12. The van der Waals surface area contributed by atoms with Gasteiger partial charge in [0.05, 0.1) is 22.3 Å². The Labute approximate surface area is 306 Å². The van der Waals surface area contributed by atoms with Crippen LogP contribution in [0.15, 0.2) is 141 Å². The van der Waals surface area contributed by atoms with Gasteiger partial charge in [0.1, 0.15) is 42.0 Å². The second-order valence-electron chi connectivity index (χ2n) is 14.1. The number of ether oxygens (including phenoxy) is 1. The predicted molar refractivity (Wildman–Crippen MR) is 207 cm³/mol. The number of pyridine rings is 1. The molecular weight excluding hydrogens is 659 g/mol. The van der Waals surface area contributed by atoms with E-state index in [4.69, 9.17) is 14.8 Å². The summed E-state index contributed by atoms with van der Waals surface area (Å²) in [6.45, 7) is 8.71. The van der Waals surface area contributed by atoms with Crippen molar-refractivity contribution < 1.29 is 4.74 Å². The lowest BCUT2D eigenvalue weighted by Gasteiger charge is -2.20. The van der Waals surface area contributed by atoms with E-state index in [9.17, 15) is 0 Å². The Bertz CT molecular complexity index is 2740. The molecule has 0 fully saturated rings. The Balaban J connectivity index is 1.19. The highest BCUT2D eigenvalue weighted by molar-refractivity contribution is 6.09. The third-order valence-electron chi connectivity index (χ3n) is 9.42. The van der Waals surface area contributed by atoms with E-state index >= 15 is 0 Å². The minimum absolute atomic E-state index is 0.0199. The molecule has 0 bridgehead atoms. The van der Waals surface area contributed by atoms with E-state index in [0.717, 1.165) is 67.1 Å². The van der Waals surface area contributed by atoms with Crippen LogP contribution in [0.3, 0.4) is 0 Å². The van der Waals surface area contributed by atoms with Gasteiger partial charge in [0.25, 0.3) is 0 Å². The van der Waals surface area contributed by atoms with E-state index in [1.54, 1.807) is 25.0 Å². The van der Waals surface area contributed by atoms with Crippen LogP contribution < -0.4 is 4.74 Å². The van der Waals surface area contributed by atoms with Crippen LogP contribution in [0.5, 0.6) is 11.5 Å². The first-order valence-electron chi connectivity index (χ1n) is 17.4. The SMILES string of the molecule is Cc1cc(Oc2ccc3c4ccccc4n(-c4cc(C(C)(C)C)ccn4)c3c2)cc(-n2nc(-c3cncnc3)c(-c3ccccc3)c2-n2cnnc2)c1. The molecule has 258 valence electrons. The van der Waals surface area contributed by atoms with Gasteiger partial charge in [-0.15, -0.1) is 10.2 Å². The normalized spacial score (nSPS) is 11.8. The Morgan fingerprint density at radius 2 is 1.43 bits per heavy atom.